The summed E-state index contributed by atoms with van der Waals surface area (Å²) in [4.78, 5) is 25.5. The van der Waals surface area contributed by atoms with Gasteiger partial charge in [-0.25, -0.2) is 4.79 Å². The summed E-state index contributed by atoms with van der Waals surface area (Å²) in [5.41, 5.74) is 0.956. The van der Waals surface area contributed by atoms with Crippen molar-refractivity contribution >= 4 is 35.1 Å². The molecule has 30 heavy (non-hydrogen) atoms. The summed E-state index contributed by atoms with van der Waals surface area (Å²) in [6.45, 7) is 5.36. The van der Waals surface area contributed by atoms with Gasteiger partial charge in [-0.1, -0.05) is 6.07 Å². The van der Waals surface area contributed by atoms with Gasteiger partial charge in [0, 0.05) is 28.9 Å². The average molecular weight is 426 g/mol. The molecule has 2 amide bonds. The number of benzene rings is 2. The largest absolute Gasteiger partial charge is 0.444 e. The van der Waals surface area contributed by atoms with Crippen LogP contribution in [0.15, 0.2) is 64.9 Å². The molecule has 0 bridgehead atoms. The van der Waals surface area contributed by atoms with Gasteiger partial charge in [-0.15, -0.1) is 10.2 Å². The molecule has 156 valence electrons. The van der Waals surface area contributed by atoms with Crippen molar-refractivity contribution in [1.29, 1.82) is 0 Å². The maximum absolute atomic E-state index is 12.6. The van der Waals surface area contributed by atoms with Crippen LogP contribution in [0.25, 0.3) is 0 Å². The van der Waals surface area contributed by atoms with Gasteiger partial charge < -0.3 is 14.6 Å². The van der Waals surface area contributed by atoms with Crippen LogP contribution in [-0.4, -0.2) is 32.4 Å². The van der Waals surface area contributed by atoms with E-state index in [4.69, 9.17) is 4.74 Å². The first kappa shape index (κ1) is 21.4. The highest BCUT2D eigenvalue weighted by Gasteiger charge is 2.16. The molecule has 1 aromatic heterocycles. The minimum atomic E-state index is -0.601. The van der Waals surface area contributed by atoms with Gasteiger partial charge in [-0.2, -0.15) is 0 Å². The third-order valence-corrected chi connectivity index (χ3v) is 4.82. The lowest BCUT2D eigenvalue weighted by Crippen LogP contribution is -2.27. The molecule has 2 N–H and O–H groups in total. The van der Waals surface area contributed by atoms with Crippen LogP contribution in [0.5, 0.6) is 0 Å². The molecule has 3 rings (SSSR count). The summed E-state index contributed by atoms with van der Waals surface area (Å²) >= 11 is 1.48. The van der Waals surface area contributed by atoms with Crippen LogP contribution in [-0.2, 0) is 11.8 Å². The number of amides is 2. The molecule has 0 spiro atoms. The van der Waals surface area contributed by atoms with Gasteiger partial charge in [0.25, 0.3) is 5.91 Å². The van der Waals surface area contributed by atoms with Gasteiger partial charge in [0.2, 0.25) is 0 Å². The predicted octanol–water partition coefficient (Wildman–Crippen LogP) is 4.57. The summed E-state index contributed by atoms with van der Waals surface area (Å²) in [7, 11) is 1.88. The first-order valence-electron chi connectivity index (χ1n) is 9.23. The molecule has 0 saturated carbocycles. The standard InChI is InChI=1S/C21H23N5O3S/c1-21(2,3)29-20(28)24-16-7-5-6-14(12-16)18(27)23-15-8-10-17(11-9-15)30-19-25-22-13-26(19)4/h5-13H,1-4H3,(H,23,27)(H,24,28). The van der Waals surface area contributed by atoms with Crippen molar-refractivity contribution in [2.24, 2.45) is 7.05 Å². The first-order valence-corrected chi connectivity index (χ1v) is 10.0. The zero-order valence-corrected chi connectivity index (χ0v) is 18.0. The number of hydrogen-bond donors (Lipinski definition) is 2. The SMILES string of the molecule is Cn1cnnc1Sc1ccc(NC(=O)c2cccc(NC(=O)OC(C)(C)C)c2)cc1. The maximum Gasteiger partial charge on any atom is 0.412 e. The second-order valence-electron chi connectivity index (χ2n) is 7.51. The quantitative estimate of drug-likeness (QED) is 0.622. The topological polar surface area (TPSA) is 98.1 Å². The van der Waals surface area contributed by atoms with Crippen LogP contribution in [0.4, 0.5) is 16.2 Å². The Bertz CT molecular complexity index is 1040. The van der Waals surface area contributed by atoms with Crippen LogP contribution < -0.4 is 10.6 Å². The van der Waals surface area contributed by atoms with E-state index in [9.17, 15) is 9.59 Å². The Morgan fingerprint density at radius 3 is 2.40 bits per heavy atom. The second-order valence-corrected chi connectivity index (χ2v) is 8.55. The number of aryl methyl sites for hydroxylation is 1. The van der Waals surface area contributed by atoms with E-state index < -0.39 is 11.7 Å². The molecule has 0 saturated heterocycles. The molecule has 8 nitrogen and oxygen atoms in total. The Balaban J connectivity index is 1.61. The van der Waals surface area contributed by atoms with Gasteiger partial charge in [0.1, 0.15) is 11.9 Å². The van der Waals surface area contributed by atoms with Crippen LogP contribution in [0.2, 0.25) is 0 Å². The number of nitrogens with one attached hydrogen (secondary N) is 2. The van der Waals surface area contributed by atoms with E-state index in [1.165, 1.54) is 11.8 Å². The van der Waals surface area contributed by atoms with Crippen LogP contribution in [0, 0.1) is 0 Å². The number of rotatable bonds is 5. The maximum atomic E-state index is 12.6. The molecule has 0 fully saturated rings. The van der Waals surface area contributed by atoms with Crippen LogP contribution >= 0.6 is 11.8 Å². The fraction of sp³-hybridized carbons (Fsp3) is 0.238. The summed E-state index contributed by atoms with van der Waals surface area (Å²) in [6.07, 6.45) is 1.07. The summed E-state index contributed by atoms with van der Waals surface area (Å²) in [6, 6.07) is 14.1. The molecule has 1 heterocycles. The van der Waals surface area contributed by atoms with E-state index >= 15 is 0 Å². The minimum Gasteiger partial charge on any atom is -0.444 e. The highest BCUT2D eigenvalue weighted by atomic mass is 32.2. The Morgan fingerprint density at radius 1 is 1.03 bits per heavy atom. The van der Waals surface area contributed by atoms with Gasteiger partial charge in [0.15, 0.2) is 5.16 Å². The third-order valence-electron chi connectivity index (χ3n) is 3.76. The molecule has 9 heteroatoms. The number of aromatic nitrogens is 3. The average Bonchev–Trinajstić information content (AvgIpc) is 3.06. The Morgan fingerprint density at radius 2 is 1.77 bits per heavy atom. The highest BCUT2D eigenvalue weighted by molar-refractivity contribution is 7.99. The Kier molecular flexibility index (Phi) is 6.41. The fourth-order valence-electron chi connectivity index (χ4n) is 2.44. The first-order chi connectivity index (χ1) is 14.2. The molecule has 0 aliphatic heterocycles. The zero-order chi connectivity index (χ0) is 21.7. The smallest absolute Gasteiger partial charge is 0.412 e. The lowest BCUT2D eigenvalue weighted by Gasteiger charge is -2.19. The number of carbonyl (C=O) groups is 2. The van der Waals surface area contributed by atoms with Gasteiger partial charge in [-0.3, -0.25) is 10.1 Å². The van der Waals surface area contributed by atoms with Gasteiger partial charge >= 0.3 is 6.09 Å². The third kappa shape index (κ3) is 6.08. The number of hydrogen-bond acceptors (Lipinski definition) is 6. The van der Waals surface area contributed by atoms with E-state index in [1.807, 2.05) is 35.9 Å². The van der Waals surface area contributed by atoms with E-state index in [-0.39, 0.29) is 5.91 Å². The Hall–Kier alpha value is -3.33. The van der Waals surface area contributed by atoms with Crippen molar-refractivity contribution < 1.29 is 14.3 Å². The summed E-state index contributed by atoms with van der Waals surface area (Å²) in [5.74, 6) is -0.281. The van der Waals surface area contributed by atoms with Crippen molar-refractivity contribution in [3.05, 3.63) is 60.4 Å². The lowest BCUT2D eigenvalue weighted by atomic mass is 10.2. The number of anilines is 2. The van der Waals surface area contributed by atoms with Crippen LogP contribution in [0.1, 0.15) is 31.1 Å². The van der Waals surface area contributed by atoms with Crippen LogP contribution in [0.3, 0.4) is 0 Å². The van der Waals surface area contributed by atoms with Crippen molar-refractivity contribution in [3.63, 3.8) is 0 Å². The van der Waals surface area contributed by atoms with Crippen molar-refractivity contribution in [3.8, 4) is 0 Å². The monoisotopic (exact) mass is 425 g/mol. The predicted molar refractivity (Wildman–Crippen MR) is 116 cm³/mol. The van der Waals surface area contributed by atoms with Gasteiger partial charge in [-0.05, 0) is 75.0 Å². The molecule has 2 aromatic carbocycles. The lowest BCUT2D eigenvalue weighted by molar-refractivity contribution is 0.0635. The second kappa shape index (κ2) is 9.00. The molecular formula is C21H23N5O3S. The van der Waals surface area contributed by atoms with E-state index in [0.717, 1.165) is 10.1 Å². The molecule has 0 atom stereocenters. The summed E-state index contributed by atoms with van der Waals surface area (Å²) in [5, 5.41) is 14.2. The van der Waals surface area contributed by atoms with E-state index in [1.54, 1.807) is 51.4 Å². The number of nitrogens with zero attached hydrogens (tertiary/aromatic N) is 3. The Labute approximate surface area is 179 Å². The normalized spacial score (nSPS) is 11.1. The zero-order valence-electron chi connectivity index (χ0n) is 17.2. The molecule has 0 aliphatic carbocycles. The molecule has 3 aromatic rings. The van der Waals surface area contributed by atoms with E-state index in [0.29, 0.717) is 16.9 Å². The molecular weight excluding hydrogens is 402 g/mol. The van der Waals surface area contributed by atoms with Crippen molar-refractivity contribution in [2.75, 3.05) is 10.6 Å². The molecule has 0 radical (unpaired) electrons. The van der Waals surface area contributed by atoms with Crippen molar-refractivity contribution in [2.45, 2.75) is 36.4 Å². The highest BCUT2D eigenvalue weighted by Crippen LogP contribution is 2.26. The minimum absolute atomic E-state index is 0.281. The number of ether oxygens (including phenoxy) is 1. The summed E-state index contributed by atoms with van der Waals surface area (Å²) < 4.78 is 7.06. The molecule has 0 unspecified atom stereocenters. The van der Waals surface area contributed by atoms with Crippen molar-refractivity contribution in [1.82, 2.24) is 14.8 Å². The fourth-order valence-corrected chi connectivity index (χ4v) is 3.20. The van der Waals surface area contributed by atoms with E-state index in [2.05, 4.69) is 20.8 Å². The number of carbonyl (C=O) groups excluding carboxylic acids is 2. The molecule has 0 aliphatic rings. The van der Waals surface area contributed by atoms with Gasteiger partial charge in [0.05, 0.1) is 0 Å².